The standard InChI is InChI=1S/C21H15ClFNO3/c22-17-7-4-8-18(23)20(17)21(26)27-13-19(25)24-16-11-9-15(10-12-16)14-5-2-1-3-6-14/h1-12H,13H2,(H,24,25). The van der Waals surface area contributed by atoms with E-state index in [1.165, 1.54) is 12.1 Å². The van der Waals surface area contributed by atoms with Crippen LogP contribution in [0.4, 0.5) is 10.1 Å². The van der Waals surface area contributed by atoms with Crippen molar-refractivity contribution in [2.24, 2.45) is 0 Å². The van der Waals surface area contributed by atoms with Crippen LogP contribution in [-0.2, 0) is 9.53 Å². The number of amides is 1. The third-order valence-electron chi connectivity index (χ3n) is 3.78. The fraction of sp³-hybridized carbons (Fsp3) is 0.0476. The maximum Gasteiger partial charge on any atom is 0.343 e. The molecule has 0 bridgehead atoms. The molecule has 3 rings (SSSR count). The van der Waals surface area contributed by atoms with E-state index in [4.69, 9.17) is 16.3 Å². The Morgan fingerprint density at radius 2 is 1.56 bits per heavy atom. The lowest BCUT2D eigenvalue weighted by Crippen LogP contribution is -2.21. The Hall–Kier alpha value is -3.18. The number of nitrogens with one attached hydrogen (secondary N) is 1. The van der Waals surface area contributed by atoms with E-state index in [0.29, 0.717) is 5.69 Å². The van der Waals surface area contributed by atoms with Crippen LogP contribution in [0.2, 0.25) is 5.02 Å². The molecule has 0 atom stereocenters. The fourth-order valence-corrected chi connectivity index (χ4v) is 2.71. The monoisotopic (exact) mass is 383 g/mol. The minimum Gasteiger partial charge on any atom is -0.452 e. The fourth-order valence-electron chi connectivity index (χ4n) is 2.47. The molecule has 4 nitrogen and oxygen atoms in total. The highest BCUT2D eigenvalue weighted by molar-refractivity contribution is 6.33. The molecular weight excluding hydrogens is 369 g/mol. The van der Waals surface area contributed by atoms with E-state index >= 15 is 0 Å². The number of benzene rings is 3. The van der Waals surface area contributed by atoms with Crippen molar-refractivity contribution < 1.29 is 18.7 Å². The van der Waals surface area contributed by atoms with Crippen LogP contribution in [0.3, 0.4) is 0 Å². The van der Waals surface area contributed by atoms with Crippen LogP contribution in [0, 0.1) is 5.82 Å². The molecule has 0 aliphatic rings. The van der Waals surface area contributed by atoms with Gasteiger partial charge < -0.3 is 10.1 Å². The van der Waals surface area contributed by atoms with E-state index in [9.17, 15) is 14.0 Å². The predicted molar refractivity (Wildman–Crippen MR) is 102 cm³/mol. The van der Waals surface area contributed by atoms with Crippen molar-refractivity contribution in [2.45, 2.75) is 0 Å². The maximum absolute atomic E-state index is 13.7. The maximum atomic E-state index is 13.7. The highest BCUT2D eigenvalue weighted by atomic mass is 35.5. The molecule has 136 valence electrons. The summed E-state index contributed by atoms with van der Waals surface area (Å²) >= 11 is 5.79. The Kier molecular flexibility index (Phi) is 5.84. The smallest absolute Gasteiger partial charge is 0.343 e. The highest BCUT2D eigenvalue weighted by Gasteiger charge is 2.18. The van der Waals surface area contributed by atoms with Gasteiger partial charge in [-0.05, 0) is 35.4 Å². The summed E-state index contributed by atoms with van der Waals surface area (Å²) in [5.74, 6) is -2.33. The van der Waals surface area contributed by atoms with Gasteiger partial charge in [0.05, 0.1) is 5.02 Å². The molecule has 0 radical (unpaired) electrons. The van der Waals surface area contributed by atoms with Crippen LogP contribution in [0.1, 0.15) is 10.4 Å². The van der Waals surface area contributed by atoms with E-state index < -0.39 is 24.3 Å². The van der Waals surface area contributed by atoms with Crippen LogP contribution in [0.25, 0.3) is 11.1 Å². The first kappa shape index (κ1) is 18.6. The van der Waals surface area contributed by atoms with Crippen molar-refractivity contribution >= 4 is 29.2 Å². The number of hydrogen-bond acceptors (Lipinski definition) is 3. The van der Waals surface area contributed by atoms with Crippen molar-refractivity contribution in [3.05, 3.63) is 89.2 Å². The largest absolute Gasteiger partial charge is 0.452 e. The van der Waals surface area contributed by atoms with E-state index in [0.717, 1.165) is 17.2 Å². The molecule has 0 saturated heterocycles. The van der Waals surface area contributed by atoms with Gasteiger partial charge in [-0.2, -0.15) is 0 Å². The second-order valence-electron chi connectivity index (χ2n) is 5.66. The lowest BCUT2D eigenvalue weighted by Gasteiger charge is -2.09. The Balaban J connectivity index is 1.57. The van der Waals surface area contributed by atoms with Crippen LogP contribution in [0.5, 0.6) is 0 Å². The van der Waals surface area contributed by atoms with Gasteiger partial charge in [-0.15, -0.1) is 0 Å². The molecule has 0 aliphatic carbocycles. The van der Waals surface area contributed by atoms with E-state index in [2.05, 4.69) is 5.32 Å². The second kappa shape index (κ2) is 8.47. The molecule has 0 unspecified atom stereocenters. The van der Waals surface area contributed by atoms with Crippen LogP contribution in [-0.4, -0.2) is 18.5 Å². The highest BCUT2D eigenvalue weighted by Crippen LogP contribution is 2.21. The molecule has 0 heterocycles. The van der Waals surface area contributed by atoms with Crippen LogP contribution in [0.15, 0.2) is 72.8 Å². The summed E-state index contributed by atoms with van der Waals surface area (Å²) in [7, 11) is 0. The number of carbonyl (C=O) groups is 2. The van der Waals surface area contributed by atoms with Crippen molar-refractivity contribution in [3.8, 4) is 11.1 Å². The van der Waals surface area contributed by atoms with Crippen molar-refractivity contribution in [2.75, 3.05) is 11.9 Å². The zero-order valence-electron chi connectivity index (χ0n) is 14.1. The minimum atomic E-state index is -0.993. The topological polar surface area (TPSA) is 55.4 Å². The number of halogens is 2. The third-order valence-corrected chi connectivity index (χ3v) is 4.09. The molecule has 0 aromatic heterocycles. The van der Waals surface area contributed by atoms with Gasteiger partial charge in [-0.1, -0.05) is 60.1 Å². The van der Waals surface area contributed by atoms with E-state index in [1.54, 1.807) is 12.1 Å². The Morgan fingerprint density at radius 3 is 2.22 bits per heavy atom. The molecule has 3 aromatic rings. The molecule has 27 heavy (non-hydrogen) atoms. The number of ether oxygens (including phenoxy) is 1. The van der Waals surface area contributed by atoms with Gasteiger partial charge in [-0.25, -0.2) is 9.18 Å². The SMILES string of the molecule is O=C(COC(=O)c1c(F)cccc1Cl)Nc1ccc(-c2ccccc2)cc1. The average Bonchev–Trinajstić information content (AvgIpc) is 2.67. The number of anilines is 1. The van der Waals surface area contributed by atoms with Crippen molar-refractivity contribution in [1.82, 2.24) is 0 Å². The number of carbonyl (C=O) groups excluding carboxylic acids is 2. The molecule has 1 N–H and O–H groups in total. The summed E-state index contributed by atoms with van der Waals surface area (Å²) in [5, 5.41) is 2.54. The molecule has 1 amide bonds. The van der Waals surface area contributed by atoms with Gasteiger partial charge in [0.25, 0.3) is 5.91 Å². The van der Waals surface area contributed by atoms with Crippen molar-refractivity contribution in [1.29, 1.82) is 0 Å². The van der Waals surface area contributed by atoms with Gasteiger partial charge in [0.2, 0.25) is 0 Å². The van der Waals surface area contributed by atoms with E-state index in [1.807, 2.05) is 42.5 Å². The Bertz CT molecular complexity index is 939. The second-order valence-corrected chi connectivity index (χ2v) is 6.07. The summed E-state index contributed by atoms with van der Waals surface area (Å²) in [5.41, 5.74) is 2.24. The minimum absolute atomic E-state index is 0.0723. The molecular formula is C21H15ClFNO3. The summed E-state index contributed by atoms with van der Waals surface area (Å²) in [6.07, 6.45) is 0. The average molecular weight is 384 g/mol. The molecule has 0 saturated carbocycles. The zero-order valence-corrected chi connectivity index (χ0v) is 14.9. The number of esters is 1. The zero-order chi connectivity index (χ0) is 19.2. The summed E-state index contributed by atoms with van der Waals surface area (Å²) in [6.45, 7) is -0.552. The van der Waals surface area contributed by atoms with Gasteiger partial charge in [0.15, 0.2) is 6.61 Å². The van der Waals surface area contributed by atoms with Gasteiger partial charge >= 0.3 is 5.97 Å². The Morgan fingerprint density at radius 1 is 0.889 bits per heavy atom. The molecule has 0 fully saturated rings. The van der Waals surface area contributed by atoms with Gasteiger partial charge in [-0.3, -0.25) is 4.79 Å². The van der Waals surface area contributed by atoms with Gasteiger partial charge in [0, 0.05) is 5.69 Å². The lowest BCUT2D eigenvalue weighted by molar-refractivity contribution is -0.119. The Labute approximate surface area is 160 Å². The molecule has 0 aliphatic heterocycles. The molecule has 0 spiro atoms. The summed E-state index contributed by atoms with van der Waals surface area (Å²) in [6, 6.07) is 20.9. The molecule has 6 heteroatoms. The number of hydrogen-bond donors (Lipinski definition) is 1. The third kappa shape index (κ3) is 4.71. The quantitative estimate of drug-likeness (QED) is 0.635. The van der Waals surface area contributed by atoms with E-state index in [-0.39, 0.29) is 10.6 Å². The first-order valence-corrected chi connectivity index (χ1v) is 8.49. The first-order chi connectivity index (χ1) is 13.0. The normalized spacial score (nSPS) is 10.3. The number of rotatable bonds is 5. The predicted octanol–water partition coefficient (Wildman–Crippen LogP) is 4.94. The van der Waals surface area contributed by atoms with Gasteiger partial charge in [0.1, 0.15) is 11.4 Å². The molecule has 3 aromatic carbocycles. The van der Waals surface area contributed by atoms with Crippen molar-refractivity contribution in [3.63, 3.8) is 0 Å². The lowest BCUT2D eigenvalue weighted by atomic mass is 10.1. The summed E-state index contributed by atoms with van der Waals surface area (Å²) in [4.78, 5) is 23.9. The summed E-state index contributed by atoms with van der Waals surface area (Å²) < 4.78 is 18.5. The van der Waals surface area contributed by atoms with Crippen LogP contribution >= 0.6 is 11.6 Å². The first-order valence-electron chi connectivity index (χ1n) is 8.11. The van der Waals surface area contributed by atoms with Crippen LogP contribution < -0.4 is 5.32 Å².